The van der Waals surface area contributed by atoms with Gasteiger partial charge >= 0.3 is 0 Å². The van der Waals surface area contributed by atoms with Crippen LogP contribution >= 0.6 is 10.0 Å². The number of hydrogen-bond acceptors (Lipinski definition) is 3. The lowest BCUT2D eigenvalue weighted by molar-refractivity contribution is -0.144. The summed E-state index contributed by atoms with van der Waals surface area (Å²) in [5.74, 6) is -0.0194. The van der Waals surface area contributed by atoms with Crippen molar-refractivity contribution in [1.82, 2.24) is 10.2 Å². The monoisotopic (exact) mass is 443 g/mol. The average molecular weight is 444 g/mol. The van der Waals surface area contributed by atoms with E-state index in [4.69, 9.17) is 0 Å². The third-order valence-electron chi connectivity index (χ3n) is 7.21. The van der Waals surface area contributed by atoms with E-state index in [1.165, 1.54) is 5.56 Å². The molecule has 170 valence electrons. The Bertz CT molecular complexity index is 870. The van der Waals surface area contributed by atoms with E-state index in [-0.39, 0.29) is 29.2 Å². The van der Waals surface area contributed by atoms with Crippen molar-refractivity contribution >= 4 is 21.8 Å². The fourth-order valence-corrected chi connectivity index (χ4v) is 7.87. The Morgan fingerprint density at radius 1 is 1.29 bits per heavy atom. The second-order valence-corrected chi connectivity index (χ2v) is 13.8. The van der Waals surface area contributed by atoms with Crippen molar-refractivity contribution in [3.8, 4) is 5.40 Å². The van der Waals surface area contributed by atoms with Crippen LogP contribution in [0.4, 0.5) is 0 Å². The van der Waals surface area contributed by atoms with Gasteiger partial charge in [-0.25, -0.2) is 0 Å². The van der Waals surface area contributed by atoms with Crippen molar-refractivity contribution in [3.05, 3.63) is 35.4 Å². The Balaban J connectivity index is 1.59. The molecule has 6 heteroatoms. The summed E-state index contributed by atoms with van der Waals surface area (Å²) in [5.41, 5.74) is 2.15. The van der Waals surface area contributed by atoms with Crippen LogP contribution in [0.3, 0.4) is 0 Å². The lowest BCUT2D eigenvalue weighted by Gasteiger charge is -2.34. The highest BCUT2D eigenvalue weighted by molar-refractivity contribution is 8.43. The number of nitriles is 1. The van der Waals surface area contributed by atoms with Crippen molar-refractivity contribution < 1.29 is 9.59 Å². The van der Waals surface area contributed by atoms with Gasteiger partial charge in [0.1, 0.15) is 11.4 Å². The zero-order valence-electron chi connectivity index (χ0n) is 19.8. The Morgan fingerprint density at radius 3 is 2.45 bits per heavy atom. The van der Waals surface area contributed by atoms with E-state index < -0.39 is 10.0 Å². The standard InChI is InChI=1S/C25H37N3O2S/c1-7-20(25(3,4)5)24(30)28-14-8-9-21(28)23(29)27-15-18-10-12-19(13-11-18)22-17(2)31(22,6)16-26/h10-13,17,20-22H,7-9,14-15H2,1-6H3,(H,27,29). The van der Waals surface area contributed by atoms with Gasteiger partial charge in [-0.2, -0.15) is 5.26 Å². The quantitative estimate of drug-likeness (QED) is 0.510. The smallest absolute Gasteiger partial charge is 0.243 e. The molecule has 2 heterocycles. The van der Waals surface area contributed by atoms with Crippen molar-refractivity contribution in [2.75, 3.05) is 12.8 Å². The molecule has 3 rings (SSSR count). The Hall–Kier alpha value is -2.00. The molecule has 2 aliphatic heterocycles. The van der Waals surface area contributed by atoms with Crippen molar-refractivity contribution in [3.63, 3.8) is 0 Å². The zero-order valence-corrected chi connectivity index (χ0v) is 20.6. The van der Waals surface area contributed by atoms with Gasteiger partial charge in [-0.05, 0) is 42.1 Å². The van der Waals surface area contributed by atoms with Crippen molar-refractivity contribution in [1.29, 1.82) is 5.26 Å². The van der Waals surface area contributed by atoms with Crippen LogP contribution < -0.4 is 5.32 Å². The molecule has 1 N–H and O–H groups in total. The van der Waals surface area contributed by atoms with Gasteiger partial charge in [-0.15, -0.1) is 10.0 Å². The Kier molecular flexibility index (Phi) is 6.76. The fraction of sp³-hybridized carbons (Fsp3) is 0.640. The first kappa shape index (κ1) is 23.7. The van der Waals surface area contributed by atoms with E-state index in [1.807, 2.05) is 19.1 Å². The molecule has 31 heavy (non-hydrogen) atoms. The van der Waals surface area contributed by atoms with Crippen molar-refractivity contribution in [2.45, 2.75) is 77.0 Å². The molecular weight excluding hydrogens is 406 g/mol. The maximum atomic E-state index is 13.1. The molecule has 1 aromatic rings. The first-order chi connectivity index (χ1) is 14.5. The SMILES string of the molecule is CCC(C(=O)N1CCCC1C(=O)NCc1ccc(C2C(C)S2(C)C#N)cc1)C(C)(C)C. The summed E-state index contributed by atoms with van der Waals surface area (Å²) in [6.45, 7) is 11.6. The van der Waals surface area contributed by atoms with E-state index in [0.717, 1.165) is 24.8 Å². The lowest BCUT2D eigenvalue weighted by atomic mass is 9.78. The molecule has 0 aliphatic carbocycles. The number of nitrogens with one attached hydrogen (secondary N) is 1. The highest BCUT2D eigenvalue weighted by Crippen LogP contribution is 2.80. The van der Waals surface area contributed by atoms with Crippen LogP contribution in [-0.2, 0) is 16.1 Å². The highest BCUT2D eigenvalue weighted by Gasteiger charge is 2.55. The van der Waals surface area contributed by atoms with E-state index in [2.05, 4.69) is 56.8 Å². The number of thiocyanates is 1. The van der Waals surface area contributed by atoms with Crippen LogP contribution in [0.5, 0.6) is 0 Å². The van der Waals surface area contributed by atoms with Crippen LogP contribution in [0.25, 0.3) is 0 Å². The minimum atomic E-state index is -1.17. The topological polar surface area (TPSA) is 73.2 Å². The minimum Gasteiger partial charge on any atom is -0.350 e. The van der Waals surface area contributed by atoms with Gasteiger partial charge in [0.25, 0.3) is 0 Å². The van der Waals surface area contributed by atoms with Gasteiger partial charge < -0.3 is 10.2 Å². The zero-order chi connectivity index (χ0) is 23.0. The summed E-state index contributed by atoms with van der Waals surface area (Å²) in [6.07, 6.45) is 4.49. The summed E-state index contributed by atoms with van der Waals surface area (Å²) in [6, 6.07) is 7.91. The predicted molar refractivity (Wildman–Crippen MR) is 128 cm³/mol. The summed E-state index contributed by atoms with van der Waals surface area (Å²) < 4.78 is 0. The molecule has 2 amide bonds. The van der Waals surface area contributed by atoms with E-state index >= 15 is 0 Å². The number of rotatable bonds is 6. The third-order valence-corrected chi connectivity index (χ3v) is 10.8. The molecule has 0 bridgehead atoms. The van der Waals surface area contributed by atoms with Gasteiger partial charge in [0, 0.05) is 29.5 Å². The van der Waals surface area contributed by atoms with Crippen LogP contribution in [-0.4, -0.2) is 40.8 Å². The Morgan fingerprint density at radius 2 is 1.94 bits per heavy atom. The summed E-state index contributed by atoms with van der Waals surface area (Å²) in [7, 11) is -1.17. The Labute approximate surface area is 188 Å². The van der Waals surface area contributed by atoms with E-state index in [9.17, 15) is 14.9 Å². The molecule has 0 spiro atoms. The van der Waals surface area contributed by atoms with Gasteiger partial charge in [-0.3, -0.25) is 9.59 Å². The van der Waals surface area contributed by atoms with E-state index in [1.54, 1.807) is 4.90 Å². The van der Waals surface area contributed by atoms with Crippen LogP contribution in [0.15, 0.2) is 24.3 Å². The molecule has 5 unspecified atom stereocenters. The minimum absolute atomic E-state index is 0.0593. The lowest BCUT2D eigenvalue weighted by Crippen LogP contribution is -2.49. The van der Waals surface area contributed by atoms with Crippen LogP contribution in [0, 0.1) is 22.0 Å². The number of hydrogen-bond donors (Lipinski definition) is 1. The number of carbonyl (C=O) groups excluding carboxylic acids is 2. The fourth-order valence-electron chi connectivity index (χ4n) is 5.06. The molecule has 0 aromatic heterocycles. The van der Waals surface area contributed by atoms with Crippen molar-refractivity contribution in [2.24, 2.45) is 11.3 Å². The number of nitrogens with zero attached hydrogens (tertiary/aromatic N) is 2. The summed E-state index contributed by atoms with van der Waals surface area (Å²) in [4.78, 5) is 27.9. The molecule has 2 aliphatic rings. The summed E-state index contributed by atoms with van der Waals surface area (Å²) >= 11 is 0. The maximum absolute atomic E-state index is 13.1. The van der Waals surface area contributed by atoms with E-state index in [0.29, 0.717) is 23.6 Å². The number of likely N-dealkylation sites (tertiary alicyclic amines) is 1. The predicted octanol–water partition coefficient (Wildman–Crippen LogP) is 4.72. The third kappa shape index (κ3) is 4.62. The molecule has 1 aromatic carbocycles. The molecule has 0 radical (unpaired) electrons. The highest BCUT2D eigenvalue weighted by atomic mass is 32.3. The molecular formula is C25H37N3O2S. The van der Waals surface area contributed by atoms with Gasteiger partial charge in [0.05, 0.1) is 0 Å². The molecule has 2 saturated heterocycles. The molecule has 5 atom stereocenters. The van der Waals surface area contributed by atoms with Crippen LogP contribution in [0.2, 0.25) is 0 Å². The molecule has 2 fully saturated rings. The molecule has 5 nitrogen and oxygen atoms in total. The average Bonchev–Trinajstić information content (AvgIpc) is 3.07. The molecule has 0 saturated carbocycles. The first-order valence-corrected chi connectivity index (χ1v) is 13.5. The number of amides is 2. The largest absolute Gasteiger partial charge is 0.350 e. The van der Waals surface area contributed by atoms with Gasteiger partial charge in [-0.1, -0.05) is 58.9 Å². The second kappa shape index (κ2) is 8.86. The maximum Gasteiger partial charge on any atom is 0.243 e. The van der Waals surface area contributed by atoms with Gasteiger partial charge in [0.15, 0.2) is 0 Å². The second-order valence-electron chi connectivity index (χ2n) is 10.2. The summed E-state index contributed by atoms with van der Waals surface area (Å²) in [5, 5.41) is 15.8. The van der Waals surface area contributed by atoms with Gasteiger partial charge in [0.2, 0.25) is 11.8 Å². The van der Waals surface area contributed by atoms with Crippen LogP contribution in [0.1, 0.15) is 70.3 Å². The number of carbonyl (C=O) groups is 2. The normalized spacial score (nSPS) is 30.7. The first-order valence-electron chi connectivity index (χ1n) is 11.4. The number of benzene rings is 1.